The van der Waals surface area contributed by atoms with Crippen molar-refractivity contribution in [2.24, 2.45) is 0 Å². The summed E-state index contributed by atoms with van der Waals surface area (Å²) in [6.45, 7) is 1.64. The number of carbonyl (C=O) groups is 2. The number of carbonyl (C=O) groups excluding carboxylic acids is 2. The Balaban J connectivity index is 0.00000220. The molecule has 10 rings (SSSR count). The molecule has 14 nitrogen and oxygen atoms in total. The summed E-state index contributed by atoms with van der Waals surface area (Å²) in [6.07, 6.45) is 15.0. The molecule has 71 heavy (non-hydrogen) atoms. The molecule has 0 fully saturated rings. The molecule has 0 amide bonds. The average molecular weight is 1180 g/mol. The molecule has 5 aromatic carbocycles. The Morgan fingerprint density at radius 1 is 0.423 bits per heavy atom. The summed E-state index contributed by atoms with van der Waals surface area (Å²) >= 11 is -2.51. The van der Waals surface area contributed by atoms with Crippen LogP contribution < -0.4 is 20.1 Å². The molecule has 5 aromatic rings. The van der Waals surface area contributed by atoms with E-state index in [0.717, 1.165) is 44.5 Å². The van der Waals surface area contributed by atoms with E-state index < -0.39 is 27.8 Å². The van der Waals surface area contributed by atoms with E-state index in [1.165, 1.54) is 0 Å². The Morgan fingerprint density at radius 3 is 1.10 bits per heavy atom. The Kier molecular flexibility index (Phi) is 17.8. The normalized spacial score (nSPS) is 18.0. The standard InChI is InChI=1S/C56H52N2O10.2O.U/c59-51-37-9-3-11-39(51)33-43-15-6-16-44-34-40-12-4-10-38(52(40)60)32-42-14-5-13-41(31-37)55(42)67-29-25-63-23-27-65-49-21-7-17-45(53(49)61)35-57-47-19-1-2-20-48(47)58-36-46-18-8-22-50(54(46)62)66-28-24-64-26-30-68-56(43)44;;;/h1-22,35-36,57-60H,23-34H2;;;/b45-35+,46-36+;;;. The summed E-state index contributed by atoms with van der Waals surface area (Å²) in [6, 6.07) is 31.0. The monoisotopic (exact) mass is 1180 g/mol. The molecule has 362 valence electrons. The molecule has 14 bridgehead atoms. The van der Waals surface area contributed by atoms with E-state index in [9.17, 15) is 19.8 Å². The molecule has 0 saturated carbocycles. The Hall–Kier alpha value is -7.15. The van der Waals surface area contributed by atoms with E-state index in [2.05, 4.69) is 10.6 Å². The van der Waals surface area contributed by atoms with Crippen LogP contribution in [0.3, 0.4) is 0 Å². The van der Waals surface area contributed by atoms with Crippen LogP contribution in [-0.4, -0.2) is 74.6 Å². The van der Waals surface area contributed by atoms with E-state index in [0.29, 0.717) is 59.7 Å². The van der Waals surface area contributed by atoms with Gasteiger partial charge in [-0.25, -0.2) is 0 Å². The van der Waals surface area contributed by atoms with Crippen molar-refractivity contribution in [3.63, 3.8) is 0 Å². The number of aromatic hydroxyl groups is 2. The van der Waals surface area contributed by atoms with Gasteiger partial charge in [0.05, 0.1) is 37.8 Å². The van der Waals surface area contributed by atoms with Gasteiger partial charge < -0.3 is 49.3 Å². The molecule has 3 aliphatic carbocycles. The Morgan fingerprint density at radius 2 is 0.746 bits per heavy atom. The first-order valence-electron chi connectivity index (χ1n) is 23.2. The zero-order chi connectivity index (χ0) is 49.4. The van der Waals surface area contributed by atoms with Gasteiger partial charge in [0, 0.05) is 49.2 Å². The van der Waals surface area contributed by atoms with Crippen molar-refractivity contribution in [3.8, 4) is 23.0 Å². The summed E-state index contributed by atoms with van der Waals surface area (Å²) in [5.74, 6) is 1.53. The van der Waals surface area contributed by atoms with Crippen LogP contribution in [0.4, 0.5) is 11.4 Å². The quantitative estimate of drug-likeness (QED) is 0.106. The molecule has 2 aliphatic heterocycles. The Bertz CT molecular complexity index is 2720. The van der Waals surface area contributed by atoms with Crippen LogP contribution in [0.2, 0.25) is 0 Å². The second-order valence-corrected chi connectivity index (χ2v) is 17.2. The van der Waals surface area contributed by atoms with Crippen LogP contribution in [0.1, 0.15) is 44.5 Å². The van der Waals surface area contributed by atoms with Crippen molar-refractivity contribution < 1.29 is 80.5 Å². The summed E-state index contributed by atoms with van der Waals surface area (Å²) < 4.78 is 53.9. The van der Waals surface area contributed by atoms with Crippen LogP contribution in [-0.2, 0) is 58.7 Å². The fourth-order valence-electron chi connectivity index (χ4n) is 8.48. The number of para-hydroxylation sites is 6. The first-order valence-corrected chi connectivity index (χ1v) is 26.6. The molecule has 4 N–H and O–H groups in total. The molecule has 0 atom stereocenters. The number of hydrogen-bond donors (Lipinski definition) is 4. The number of fused-ring (bicyclic) bond motifs is 14. The third kappa shape index (κ3) is 13.0. The third-order valence-corrected chi connectivity index (χ3v) is 11.9. The number of ether oxygens (including phenoxy) is 6. The first kappa shape index (κ1) is 50.2. The topological polar surface area (TPSA) is 188 Å². The van der Waals surface area contributed by atoms with Crippen LogP contribution in [0.15, 0.2) is 169 Å². The van der Waals surface area contributed by atoms with Crippen LogP contribution in [0, 0.1) is 27.8 Å². The van der Waals surface area contributed by atoms with Crippen LogP contribution >= 0.6 is 0 Å². The van der Waals surface area contributed by atoms with Gasteiger partial charge in [-0.1, -0.05) is 97.1 Å². The molecule has 0 saturated heterocycles. The number of phenolic OH excluding ortho intramolecular Hbond substituents is 2. The number of rotatable bonds is 0. The van der Waals surface area contributed by atoms with Crippen molar-refractivity contribution in [3.05, 3.63) is 213 Å². The van der Waals surface area contributed by atoms with Gasteiger partial charge >= 0.3 is 32.3 Å². The molecular weight excluding hydrogens is 1130 g/mol. The fraction of sp³-hybridized carbons (Fsp3) is 0.214. The molecule has 0 radical (unpaired) electrons. The summed E-state index contributed by atoms with van der Waals surface area (Å²) in [7, 11) is 0. The molecule has 0 spiro atoms. The van der Waals surface area contributed by atoms with E-state index >= 15 is 0 Å². The maximum atomic E-state index is 13.4. The number of benzene rings is 5. The van der Waals surface area contributed by atoms with Gasteiger partial charge in [0.1, 0.15) is 49.4 Å². The zero-order valence-corrected chi connectivity index (χ0v) is 43.0. The predicted molar refractivity (Wildman–Crippen MR) is 261 cm³/mol. The number of phenols is 2. The Labute approximate surface area is 426 Å². The number of allylic oxidation sites excluding steroid dienone is 8. The number of hydrogen-bond acceptors (Lipinski definition) is 14. The molecule has 2 heterocycles. The number of anilines is 2. The van der Waals surface area contributed by atoms with Gasteiger partial charge in [0.25, 0.3) is 0 Å². The first-order chi connectivity index (χ1) is 34.8. The molecular formula is C56H52N2O12U. The van der Waals surface area contributed by atoms with Crippen molar-refractivity contribution in [1.29, 1.82) is 0 Å². The van der Waals surface area contributed by atoms with E-state index in [4.69, 9.17) is 32.9 Å². The van der Waals surface area contributed by atoms with Crippen molar-refractivity contribution >= 4 is 22.9 Å². The van der Waals surface area contributed by atoms with E-state index in [-0.39, 0.29) is 87.4 Å². The number of ketones is 2. The SMILES string of the molecule is O=C1C2=CC=C/C1=C\Nc1ccccc1N/C=C1\C=CC=C(OCCOCCOc3c4cccc3Cc3cccc(c3O)Cc3cccc(c3OCCOCCO2)Cc2cccc(c2O)C4)C1=O.[O]=[U]=[O]. The summed E-state index contributed by atoms with van der Waals surface area (Å²) in [5, 5.41) is 30.1. The predicted octanol–water partition coefficient (Wildman–Crippen LogP) is 8.71. The van der Waals surface area contributed by atoms with E-state index in [1.54, 1.807) is 48.9 Å². The summed E-state index contributed by atoms with van der Waals surface area (Å²) in [5.41, 5.74) is 8.61. The second-order valence-electron chi connectivity index (χ2n) is 16.5. The minimum absolute atomic E-state index is 0.140. The molecule has 0 aromatic heterocycles. The van der Waals surface area contributed by atoms with Gasteiger partial charge in [0.2, 0.25) is 11.6 Å². The molecule has 15 heteroatoms. The molecule has 5 aliphatic rings. The van der Waals surface area contributed by atoms with Crippen LogP contribution in [0.25, 0.3) is 0 Å². The minimum atomic E-state index is -2.51. The molecule has 0 unspecified atom stereocenters. The fourth-order valence-corrected chi connectivity index (χ4v) is 8.48. The van der Waals surface area contributed by atoms with Gasteiger partial charge in [-0.2, -0.15) is 0 Å². The maximum absolute atomic E-state index is 13.4. The third-order valence-electron chi connectivity index (χ3n) is 11.9. The van der Waals surface area contributed by atoms with Gasteiger partial charge in [0.15, 0.2) is 11.5 Å². The van der Waals surface area contributed by atoms with Crippen molar-refractivity contribution in [2.75, 3.05) is 63.5 Å². The van der Waals surface area contributed by atoms with Gasteiger partial charge in [-0.15, -0.1) is 0 Å². The van der Waals surface area contributed by atoms with E-state index in [1.807, 2.05) is 97.1 Å². The average Bonchev–Trinajstić information content (AvgIpc) is 3.37. The van der Waals surface area contributed by atoms with Crippen LogP contribution in [0.5, 0.6) is 23.0 Å². The summed E-state index contributed by atoms with van der Waals surface area (Å²) in [4.78, 5) is 26.9. The zero-order valence-electron chi connectivity index (χ0n) is 38.8. The number of Topliss-reactive ketones (excluding diaryl/α,β-unsaturated/α-hetero) is 2. The second kappa shape index (κ2) is 25.1. The number of nitrogens with one attached hydrogen (secondary N) is 2. The van der Waals surface area contributed by atoms with Gasteiger partial charge in [-0.3, -0.25) is 9.59 Å². The van der Waals surface area contributed by atoms with Gasteiger partial charge in [-0.05, 0) is 80.9 Å². The van der Waals surface area contributed by atoms with Crippen molar-refractivity contribution in [2.45, 2.75) is 25.7 Å². The van der Waals surface area contributed by atoms with Crippen molar-refractivity contribution in [1.82, 2.24) is 0 Å².